The third-order valence-electron chi connectivity index (χ3n) is 5.37. The fourth-order valence-electron chi connectivity index (χ4n) is 4.03. The predicted octanol–water partition coefficient (Wildman–Crippen LogP) is 1.54. The van der Waals surface area contributed by atoms with E-state index in [4.69, 9.17) is 9.15 Å². The number of carbonyl (C=O) groups excluding carboxylic acids is 3. The van der Waals surface area contributed by atoms with Crippen LogP contribution in [0, 0.1) is 11.3 Å². The van der Waals surface area contributed by atoms with Crippen LogP contribution in [0.3, 0.4) is 0 Å². The zero-order valence-electron chi connectivity index (χ0n) is 14.7. The molecule has 7 nitrogen and oxygen atoms in total. The smallest absolute Gasteiger partial charge is 0.314 e. The Kier molecular flexibility index (Phi) is 4.83. The summed E-state index contributed by atoms with van der Waals surface area (Å²) in [5, 5.41) is 0. The summed E-state index contributed by atoms with van der Waals surface area (Å²) in [6, 6.07) is 1.64. The minimum atomic E-state index is -0.715. The number of likely N-dealkylation sites (tertiary alicyclic amines) is 2. The van der Waals surface area contributed by atoms with E-state index in [1.165, 1.54) is 19.5 Å². The molecule has 7 heteroatoms. The molecule has 2 aliphatic rings. The van der Waals surface area contributed by atoms with Gasteiger partial charge in [0.05, 0.1) is 23.8 Å². The van der Waals surface area contributed by atoms with E-state index in [-0.39, 0.29) is 23.7 Å². The number of hydrogen-bond donors (Lipinski definition) is 0. The first-order chi connectivity index (χ1) is 12.0. The molecule has 25 heavy (non-hydrogen) atoms. The summed E-state index contributed by atoms with van der Waals surface area (Å²) in [7, 11) is 0. The van der Waals surface area contributed by atoms with Gasteiger partial charge in [-0.25, -0.2) is 0 Å². The van der Waals surface area contributed by atoms with Crippen LogP contribution >= 0.6 is 0 Å². The molecule has 0 unspecified atom stereocenters. The SMILES string of the molecule is CCOC(=O)[C@@]12CCCN(C(=O)c3ccoc3)C[C@@H]1CN(C(C)=O)C2. The fourth-order valence-corrected chi connectivity index (χ4v) is 4.03. The van der Waals surface area contributed by atoms with Crippen molar-refractivity contribution in [2.24, 2.45) is 11.3 Å². The Bertz CT molecular complexity index is 656. The molecule has 2 saturated heterocycles. The normalized spacial score (nSPS) is 26.1. The molecule has 2 fully saturated rings. The maximum atomic E-state index is 12.7. The Morgan fingerprint density at radius 3 is 2.72 bits per heavy atom. The van der Waals surface area contributed by atoms with E-state index in [9.17, 15) is 14.4 Å². The number of hydrogen-bond acceptors (Lipinski definition) is 5. The van der Waals surface area contributed by atoms with Gasteiger partial charge in [-0.3, -0.25) is 14.4 Å². The molecule has 0 bridgehead atoms. The number of carbonyl (C=O) groups is 3. The average Bonchev–Trinajstić information content (AvgIpc) is 3.19. The molecule has 2 amide bonds. The quantitative estimate of drug-likeness (QED) is 0.774. The first kappa shape index (κ1) is 17.5. The number of rotatable bonds is 3. The number of amides is 2. The molecule has 0 aromatic carbocycles. The van der Waals surface area contributed by atoms with Crippen molar-refractivity contribution >= 4 is 17.8 Å². The number of nitrogens with zero attached hydrogens (tertiary/aromatic N) is 2. The number of esters is 1. The molecule has 3 heterocycles. The first-order valence-corrected chi connectivity index (χ1v) is 8.72. The molecule has 0 aliphatic carbocycles. The van der Waals surface area contributed by atoms with Crippen molar-refractivity contribution in [3.05, 3.63) is 24.2 Å². The second-order valence-corrected chi connectivity index (χ2v) is 6.84. The van der Waals surface area contributed by atoms with Gasteiger partial charge >= 0.3 is 5.97 Å². The Morgan fingerprint density at radius 2 is 2.08 bits per heavy atom. The molecule has 0 saturated carbocycles. The average molecular weight is 348 g/mol. The lowest BCUT2D eigenvalue weighted by Gasteiger charge is -2.31. The van der Waals surface area contributed by atoms with Crippen molar-refractivity contribution in [2.45, 2.75) is 26.7 Å². The summed E-state index contributed by atoms with van der Waals surface area (Å²) in [5.41, 5.74) is -0.210. The molecule has 0 radical (unpaired) electrons. The van der Waals surface area contributed by atoms with Gasteiger partial charge in [-0.05, 0) is 25.8 Å². The van der Waals surface area contributed by atoms with Crippen LogP contribution in [-0.4, -0.2) is 60.4 Å². The van der Waals surface area contributed by atoms with Crippen LogP contribution in [-0.2, 0) is 14.3 Å². The van der Waals surface area contributed by atoms with Gasteiger partial charge in [0, 0.05) is 39.0 Å². The maximum Gasteiger partial charge on any atom is 0.314 e. The van der Waals surface area contributed by atoms with Crippen molar-refractivity contribution in [1.29, 1.82) is 0 Å². The van der Waals surface area contributed by atoms with Gasteiger partial charge in [-0.2, -0.15) is 0 Å². The summed E-state index contributed by atoms with van der Waals surface area (Å²) in [5.74, 6) is -0.519. The van der Waals surface area contributed by atoms with Gasteiger partial charge < -0.3 is 19.0 Å². The van der Waals surface area contributed by atoms with Crippen LogP contribution in [0.1, 0.15) is 37.0 Å². The van der Waals surface area contributed by atoms with Gasteiger partial charge in [-0.15, -0.1) is 0 Å². The van der Waals surface area contributed by atoms with Gasteiger partial charge in [0.15, 0.2) is 0 Å². The van der Waals surface area contributed by atoms with E-state index in [1.54, 1.807) is 22.8 Å². The Morgan fingerprint density at radius 1 is 1.32 bits per heavy atom. The third-order valence-corrected chi connectivity index (χ3v) is 5.37. The predicted molar refractivity (Wildman–Crippen MR) is 88.7 cm³/mol. The highest BCUT2D eigenvalue weighted by Gasteiger charge is 2.55. The van der Waals surface area contributed by atoms with Crippen LogP contribution in [0.4, 0.5) is 0 Å². The molecule has 0 N–H and O–H groups in total. The lowest BCUT2D eigenvalue weighted by molar-refractivity contribution is -0.157. The summed E-state index contributed by atoms with van der Waals surface area (Å²) in [6.45, 7) is 5.48. The van der Waals surface area contributed by atoms with Crippen molar-refractivity contribution < 1.29 is 23.5 Å². The molecule has 2 aliphatic heterocycles. The van der Waals surface area contributed by atoms with Crippen LogP contribution in [0.2, 0.25) is 0 Å². The van der Waals surface area contributed by atoms with Crippen LogP contribution in [0.25, 0.3) is 0 Å². The van der Waals surface area contributed by atoms with Gasteiger partial charge in [0.1, 0.15) is 6.26 Å². The van der Waals surface area contributed by atoms with Crippen molar-refractivity contribution in [3.8, 4) is 0 Å². The van der Waals surface area contributed by atoms with E-state index in [1.807, 2.05) is 0 Å². The van der Waals surface area contributed by atoms with Gasteiger partial charge in [0.25, 0.3) is 5.91 Å². The summed E-state index contributed by atoms with van der Waals surface area (Å²) in [6.07, 6.45) is 4.23. The van der Waals surface area contributed by atoms with E-state index < -0.39 is 5.41 Å². The zero-order chi connectivity index (χ0) is 18.0. The Hall–Kier alpha value is -2.31. The van der Waals surface area contributed by atoms with Gasteiger partial charge in [0.2, 0.25) is 5.91 Å². The van der Waals surface area contributed by atoms with Crippen molar-refractivity contribution in [3.63, 3.8) is 0 Å². The van der Waals surface area contributed by atoms with Crippen molar-refractivity contribution in [2.75, 3.05) is 32.8 Å². The topological polar surface area (TPSA) is 80.1 Å². The molecule has 2 atom stereocenters. The van der Waals surface area contributed by atoms with Gasteiger partial charge in [-0.1, -0.05) is 0 Å². The van der Waals surface area contributed by atoms with Crippen LogP contribution in [0.5, 0.6) is 0 Å². The molecule has 136 valence electrons. The minimum absolute atomic E-state index is 0.0514. The second kappa shape index (κ2) is 6.90. The standard InChI is InChI=1S/C18H24N2O5/c1-3-25-17(23)18-6-4-7-19(16(22)14-5-8-24-11-14)9-15(18)10-20(12-18)13(2)21/h5,8,11,15H,3-4,6-7,9-10,12H2,1-2H3/t15-,18-/m1/s1. The lowest BCUT2D eigenvalue weighted by atomic mass is 9.75. The summed E-state index contributed by atoms with van der Waals surface area (Å²) >= 11 is 0. The van der Waals surface area contributed by atoms with Crippen LogP contribution in [0.15, 0.2) is 23.0 Å². The number of fused-ring (bicyclic) bond motifs is 1. The highest BCUT2D eigenvalue weighted by Crippen LogP contribution is 2.44. The first-order valence-electron chi connectivity index (χ1n) is 8.72. The van der Waals surface area contributed by atoms with E-state index in [0.717, 1.165) is 0 Å². The Balaban J connectivity index is 1.86. The number of ether oxygens (including phenoxy) is 1. The highest BCUT2D eigenvalue weighted by molar-refractivity contribution is 5.94. The lowest BCUT2D eigenvalue weighted by Crippen LogP contribution is -2.43. The fraction of sp³-hybridized carbons (Fsp3) is 0.611. The molecule has 1 aromatic rings. The van der Waals surface area contributed by atoms with Crippen LogP contribution < -0.4 is 0 Å². The molecule has 3 rings (SSSR count). The largest absolute Gasteiger partial charge is 0.472 e. The Labute approximate surface area is 146 Å². The minimum Gasteiger partial charge on any atom is -0.472 e. The van der Waals surface area contributed by atoms with Crippen molar-refractivity contribution in [1.82, 2.24) is 9.80 Å². The third kappa shape index (κ3) is 3.15. The van der Waals surface area contributed by atoms with E-state index >= 15 is 0 Å². The molecule has 0 spiro atoms. The molecular weight excluding hydrogens is 324 g/mol. The summed E-state index contributed by atoms with van der Waals surface area (Å²) in [4.78, 5) is 40.8. The zero-order valence-corrected chi connectivity index (χ0v) is 14.7. The van der Waals surface area contributed by atoms with E-state index in [0.29, 0.717) is 51.2 Å². The number of furan rings is 1. The van der Waals surface area contributed by atoms with E-state index in [2.05, 4.69) is 0 Å². The molecular formula is C18H24N2O5. The monoisotopic (exact) mass is 348 g/mol. The molecule has 1 aromatic heterocycles. The maximum absolute atomic E-state index is 12.7. The summed E-state index contributed by atoms with van der Waals surface area (Å²) < 4.78 is 10.4. The highest BCUT2D eigenvalue weighted by atomic mass is 16.5. The second-order valence-electron chi connectivity index (χ2n) is 6.84.